The molecule has 7 heteroatoms. The fraction of sp³-hybridized carbons (Fsp3) is 0.650. The van der Waals surface area contributed by atoms with Gasteiger partial charge in [0.2, 0.25) is 0 Å². The minimum absolute atomic E-state index is 0.107. The molecule has 8 aliphatic rings. The summed E-state index contributed by atoms with van der Waals surface area (Å²) in [7, 11) is 0. The molecule has 0 amide bonds. The van der Waals surface area contributed by atoms with Crippen LogP contribution in [0.1, 0.15) is 144 Å². The zero-order valence-corrected chi connectivity index (χ0v) is 44.1. The molecule has 0 heterocycles. The zero-order valence-electron chi connectivity index (χ0n) is 41.6. The second-order valence-corrected chi connectivity index (χ2v) is 33.5. The summed E-state index contributed by atoms with van der Waals surface area (Å²) in [6.45, 7) is 12.7. The van der Waals surface area contributed by atoms with Gasteiger partial charge in [-0.1, -0.05) is 19.9 Å². The molecular formula is C60H82BrF2O3P. The summed E-state index contributed by atoms with van der Waals surface area (Å²) in [5, 5.41) is 22.4. The van der Waals surface area contributed by atoms with Gasteiger partial charge in [-0.05, 0) is 194 Å². The molecule has 2 N–H and O–H groups in total. The van der Waals surface area contributed by atoms with Gasteiger partial charge in [-0.2, -0.15) is 0 Å². The number of fused-ring (bicyclic) bond motifs is 10. The van der Waals surface area contributed by atoms with E-state index < -0.39 is 28.9 Å². The first-order valence-corrected chi connectivity index (χ1v) is 31.1. The largest absolute Gasteiger partial charge is 0.390 e. The summed E-state index contributed by atoms with van der Waals surface area (Å²) in [5.41, 5.74) is -0.0673. The van der Waals surface area contributed by atoms with Gasteiger partial charge in [0.05, 0.1) is 11.2 Å². The molecule has 0 radical (unpaired) electrons. The average molecular weight is 1000 g/mol. The van der Waals surface area contributed by atoms with Crippen molar-refractivity contribution in [2.24, 2.45) is 70.0 Å². The Morgan fingerprint density at radius 1 is 0.567 bits per heavy atom. The minimum atomic E-state index is -2.59. The number of benzene rings is 3. The molecule has 8 aliphatic carbocycles. The molecular weight excluding hydrogens is 918 g/mol. The molecule has 0 bridgehead atoms. The van der Waals surface area contributed by atoms with E-state index in [4.69, 9.17) is 0 Å². The number of alkyl halides is 2. The summed E-state index contributed by atoms with van der Waals surface area (Å²) in [6.07, 6.45) is 17.9. The number of aliphatic hydroxyl groups is 2. The SMILES string of the molecule is CC=C1[C@H](F)C[C@H]2[C@@H]3CC[C@@H]4C[C@](C)(O)CC[C@@H]4[C@H]3CC[C@]12C.CCP(Br)(c1ccccc1)(c1ccccc1)c1ccccc1.C[C@@]1(O)CC[C@H]2[C@H](CC[C@@H]3[C@@H]2CC[C@]2(C)C(=O)[C@H](F)C[C@@H]32)C1. The normalized spacial score (nSPS) is 43.2. The maximum Gasteiger partial charge on any atom is 0.173 e. The van der Waals surface area contributed by atoms with E-state index in [2.05, 4.69) is 126 Å². The number of carbonyl (C=O) groups excluding carboxylic acids is 1. The van der Waals surface area contributed by atoms with Crippen LogP contribution in [0, 0.1) is 70.0 Å². The van der Waals surface area contributed by atoms with Crippen molar-refractivity contribution < 1.29 is 23.8 Å². The molecule has 0 spiro atoms. The topological polar surface area (TPSA) is 57.5 Å². The first-order valence-electron chi connectivity index (χ1n) is 26.7. The van der Waals surface area contributed by atoms with Crippen LogP contribution in [0.25, 0.3) is 0 Å². The Labute approximate surface area is 410 Å². The third kappa shape index (κ3) is 8.64. The van der Waals surface area contributed by atoms with Crippen LogP contribution in [0.5, 0.6) is 0 Å². The van der Waals surface area contributed by atoms with Gasteiger partial charge in [0, 0.05) is 5.41 Å². The first-order chi connectivity index (χ1) is 31.9. The van der Waals surface area contributed by atoms with Crippen molar-refractivity contribution >= 4 is 42.5 Å². The van der Waals surface area contributed by atoms with Crippen LogP contribution in [-0.2, 0) is 4.79 Å². The van der Waals surface area contributed by atoms with Crippen molar-refractivity contribution in [2.45, 2.75) is 168 Å². The van der Waals surface area contributed by atoms with Crippen LogP contribution in [0.4, 0.5) is 8.78 Å². The molecule has 3 aromatic carbocycles. The first kappa shape index (κ1) is 49.7. The molecule has 8 saturated carbocycles. The smallest absolute Gasteiger partial charge is 0.173 e. The summed E-state index contributed by atoms with van der Waals surface area (Å²) in [5.74, 6) is 6.34. The Balaban J connectivity index is 0.000000126. The Kier molecular flexibility index (Phi) is 13.9. The van der Waals surface area contributed by atoms with Crippen LogP contribution >= 0.6 is 20.8 Å². The van der Waals surface area contributed by atoms with E-state index in [0.29, 0.717) is 41.9 Å². The van der Waals surface area contributed by atoms with Crippen LogP contribution in [0.2, 0.25) is 0 Å². The van der Waals surface area contributed by atoms with Crippen molar-refractivity contribution in [3.63, 3.8) is 0 Å². The van der Waals surface area contributed by atoms with E-state index >= 15 is 0 Å². The Bertz CT molecular complexity index is 2130. The van der Waals surface area contributed by atoms with Crippen molar-refractivity contribution in [1.29, 1.82) is 0 Å². The maximum absolute atomic E-state index is 14.6. The predicted octanol–water partition coefficient (Wildman–Crippen LogP) is 14.0. The summed E-state index contributed by atoms with van der Waals surface area (Å²) in [4.78, 5) is 12.3. The number of halogens is 3. The Morgan fingerprint density at radius 3 is 1.37 bits per heavy atom. The van der Waals surface area contributed by atoms with Gasteiger partial charge in [-0.25, -0.2) is 8.78 Å². The van der Waals surface area contributed by atoms with Crippen molar-refractivity contribution in [2.75, 3.05) is 6.16 Å². The molecule has 67 heavy (non-hydrogen) atoms. The molecule has 0 saturated heterocycles. The van der Waals surface area contributed by atoms with Gasteiger partial charge in [-0.15, -0.1) is 0 Å². The molecule has 3 aromatic rings. The Morgan fingerprint density at radius 2 is 0.955 bits per heavy atom. The second kappa shape index (κ2) is 18.7. The molecule has 11 rings (SSSR count). The number of hydrogen-bond donors (Lipinski definition) is 2. The third-order valence-electron chi connectivity index (χ3n) is 20.8. The number of hydrogen-bond acceptors (Lipinski definition) is 3. The van der Waals surface area contributed by atoms with Gasteiger partial charge in [0.25, 0.3) is 0 Å². The van der Waals surface area contributed by atoms with Gasteiger partial charge in [0.15, 0.2) is 12.0 Å². The molecule has 8 fully saturated rings. The predicted molar refractivity (Wildman–Crippen MR) is 279 cm³/mol. The number of ketones is 1. The van der Waals surface area contributed by atoms with E-state index in [9.17, 15) is 23.8 Å². The molecule has 366 valence electrons. The Hall–Kier alpha value is -2.24. The number of allylic oxidation sites excluding steroid dienone is 2. The molecule has 16 atom stereocenters. The summed E-state index contributed by atoms with van der Waals surface area (Å²) in [6, 6.07) is 32.7. The average Bonchev–Trinajstić information content (AvgIpc) is 3.74. The standard InChI is InChI=1S/C21H33FO.C20H20BrP.C19H29FO2/c1-4-17-19(22)11-18-16-6-5-13-12-20(2,23)9-7-14(13)15(16)8-10-21(17,18)3;1-2-22(21,18-12-6-3-7-13-18,19-14-8-4-9-15-19)20-16-10-5-11-17-20;1-18(22)7-5-12-11(10-18)3-4-14-13(12)6-8-19(2)15(14)9-16(20)17(19)21/h4,13-16,18-19,23H,5-12H2,1-3H3;3-17H,2H2,1H3;11-16,22H,3-10H2,1-2H3/t13-,14+,15-,16-,18+,19-,20-,21-;;11-,12+,13-,14-,15+,16-,18-,19+/m1.1/s1. The number of Topliss-reactive ketones (excluding diaryl/α,β-unsaturated/α-hetero) is 1. The van der Waals surface area contributed by atoms with Gasteiger partial charge >= 0.3 is 141 Å². The second-order valence-electron chi connectivity index (χ2n) is 24.3. The quantitative estimate of drug-likeness (QED) is 0.202. The van der Waals surface area contributed by atoms with E-state index in [0.717, 1.165) is 87.3 Å². The van der Waals surface area contributed by atoms with Gasteiger partial charge in [0.1, 0.15) is 6.17 Å². The molecule has 0 aliphatic heterocycles. The van der Waals surface area contributed by atoms with Crippen LogP contribution in [0.3, 0.4) is 0 Å². The monoisotopic (exact) mass is 999 g/mol. The van der Waals surface area contributed by atoms with Crippen molar-refractivity contribution in [3.8, 4) is 0 Å². The fourth-order valence-electron chi connectivity index (χ4n) is 17.5. The van der Waals surface area contributed by atoms with Gasteiger partial charge < -0.3 is 10.2 Å². The molecule has 0 unspecified atom stereocenters. The van der Waals surface area contributed by atoms with Crippen LogP contribution < -0.4 is 15.9 Å². The van der Waals surface area contributed by atoms with Crippen molar-refractivity contribution in [1.82, 2.24) is 0 Å². The summed E-state index contributed by atoms with van der Waals surface area (Å²) < 4.78 is 28.7. The molecule has 0 aromatic heterocycles. The van der Waals surface area contributed by atoms with Crippen LogP contribution in [-0.4, -0.2) is 45.7 Å². The maximum atomic E-state index is 14.6. The number of carbonyl (C=O) groups is 1. The van der Waals surface area contributed by atoms with Gasteiger partial charge in [-0.3, -0.25) is 4.79 Å². The van der Waals surface area contributed by atoms with Crippen molar-refractivity contribution in [3.05, 3.63) is 103 Å². The number of rotatable bonds is 4. The fourth-order valence-corrected chi connectivity index (χ4v) is 24.0. The van der Waals surface area contributed by atoms with E-state index in [1.807, 2.05) is 27.7 Å². The molecule has 3 nitrogen and oxygen atoms in total. The zero-order chi connectivity index (χ0) is 47.6. The van der Waals surface area contributed by atoms with E-state index in [1.165, 1.54) is 54.4 Å². The van der Waals surface area contributed by atoms with Crippen LogP contribution in [0.15, 0.2) is 103 Å². The summed E-state index contributed by atoms with van der Waals surface area (Å²) >= 11 is 4.35. The third-order valence-corrected chi connectivity index (χ3v) is 31.3. The minimum Gasteiger partial charge on any atom is -0.390 e. The van der Waals surface area contributed by atoms with E-state index in [-0.39, 0.29) is 22.5 Å². The van der Waals surface area contributed by atoms with E-state index in [1.54, 1.807) is 0 Å².